The third kappa shape index (κ3) is 14.9. The smallest absolute Gasteiger partial charge is 0.281 e. The van der Waals surface area contributed by atoms with Crippen molar-refractivity contribution >= 4 is 26.2 Å². The van der Waals surface area contributed by atoms with Crippen LogP contribution >= 0.6 is 0 Å². The standard InChI is InChI=1S/C8H8O.3CO.Cr/c1-7(9)8-5-3-2-4-6-8;3*1-2;/h2-6H,1H3;;;;. The topological polar surface area (TPSA) is 68.3 Å². The summed E-state index contributed by atoms with van der Waals surface area (Å²) in [5.74, 6) is 0.121. The second-order valence-corrected chi connectivity index (χ2v) is 1.92. The fourth-order valence-corrected chi connectivity index (χ4v) is 0.673. The van der Waals surface area contributed by atoms with Crippen LogP contribution in [0.5, 0.6) is 0 Å². The zero-order chi connectivity index (χ0) is 12.7. The Morgan fingerprint density at radius 2 is 1.19 bits per heavy atom. The Kier molecular flexibility index (Phi) is 34.9. The van der Waals surface area contributed by atoms with E-state index in [9.17, 15) is 4.79 Å². The van der Waals surface area contributed by atoms with Gasteiger partial charge in [-0.25, -0.2) is 0 Å². The van der Waals surface area contributed by atoms with Crippen LogP contribution in [0.1, 0.15) is 17.3 Å². The molecule has 0 spiro atoms. The molecule has 0 unspecified atom stereocenters. The summed E-state index contributed by atoms with van der Waals surface area (Å²) in [6.45, 7) is 15.1. The van der Waals surface area contributed by atoms with E-state index in [0.717, 1.165) is 5.56 Å². The van der Waals surface area contributed by atoms with Gasteiger partial charge in [-0.3, -0.25) is 19.2 Å². The summed E-state index contributed by atoms with van der Waals surface area (Å²) in [7, 11) is 0. The van der Waals surface area contributed by atoms with Crippen molar-refractivity contribution in [2.24, 2.45) is 0 Å². The van der Waals surface area contributed by atoms with E-state index in [1.807, 2.05) is 30.3 Å². The number of hydrogen-bond acceptors (Lipinski definition) is 4. The maximum absolute atomic E-state index is 10.6. The Balaban J connectivity index is -0.0000000900. The van der Waals surface area contributed by atoms with Gasteiger partial charge in [0.2, 0.25) is 0 Å². The minimum atomic E-state index is 0. The van der Waals surface area contributed by atoms with Crippen LogP contribution in [0, 0.1) is 0 Å². The quantitative estimate of drug-likeness (QED) is 0.693. The van der Waals surface area contributed by atoms with Gasteiger partial charge in [0, 0.05) is 22.9 Å². The van der Waals surface area contributed by atoms with E-state index in [-0.39, 0.29) is 23.1 Å². The van der Waals surface area contributed by atoms with Crippen LogP contribution in [0.15, 0.2) is 30.3 Å². The van der Waals surface area contributed by atoms with Gasteiger partial charge in [0.25, 0.3) is 20.4 Å². The van der Waals surface area contributed by atoms with E-state index >= 15 is 0 Å². The molecule has 1 rings (SSSR count). The number of Topliss-reactive ketones (excluding diaryl/α,β-unsaturated/α-hetero) is 1. The van der Waals surface area contributed by atoms with Gasteiger partial charge in [-0.05, 0) is 6.92 Å². The molecule has 0 saturated carbocycles. The summed E-state index contributed by atoms with van der Waals surface area (Å²) in [5, 5.41) is 0. The Labute approximate surface area is 106 Å². The molecule has 4 nitrogen and oxygen atoms in total. The van der Waals surface area contributed by atoms with Crippen LogP contribution in [0.25, 0.3) is 0 Å². The second-order valence-electron chi connectivity index (χ2n) is 1.92. The molecular weight excluding hydrogens is 248 g/mol. The van der Waals surface area contributed by atoms with Gasteiger partial charge in [0.15, 0.2) is 5.78 Å². The molecule has 0 aliphatic heterocycles. The molecule has 0 saturated heterocycles. The molecule has 5 heteroatoms. The van der Waals surface area contributed by atoms with Crippen LogP contribution in [-0.4, -0.2) is 26.2 Å². The fourth-order valence-electron chi connectivity index (χ4n) is 0.673. The van der Waals surface area contributed by atoms with Gasteiger partial charge in [-0.15, -0.1) is 0 Å². The zero-order valence-electron chi connectivity index (χ0n) is 8.43. The Morgan fingerprint density at radius 1 is 0.875 bits per heavy atom. The van der Waals surface area contributed by atoms with Crippen LogP contribution in [0.4, 0.5) is 0 Å². The van der Waals surface area contributed by atoms with E-state index in [4.69, 9.17) is 14.4 Å². The van der Waals surface area contributed by atoms with Gasteiger partial charge in [-0.1, -0.05) is 30.3 Å². The Bertz CT molecular complexity index is 247. The number of rotatable bonds is 1. The first kappa shape index (κ1) is 23.9. The summed E-state index contributed by atoms with van der Waals surface area (Å²) in [6.07, 6.45) is 0. The van der Waals surface area contributed by atoms with Gasteiger partial charge in [-0.2, -0.15) is 0 Å². The predicted molar refractivity (Wildman–Crippen MR) is 53.5 cm³/mol. The van der Waals surface area contributed by atoms with Crippen LogP contribution in [-0.2, 0) is 31.7 Å². The van der Waals surface area contributed by atoms with E-state index in [0.29, 0.717) is 0 Å². The van der Waals surface area contributed by atoms with Crippen molar-refractivity contribution in [3.63, 3.8) is 0 Å². The number of ketones is 1. The van der Waals surface area contributed by atoms with Crippen molar-refractivity contribution in [3.8, 4) is 0 Å². The van der Waals surface area contributed by atoms with Crippen LogP contribution < -0.4 is 0 Å². The van der Waals surface area contributed by atoms with Gasteiger partial charge >= 0.3 is 0 Å². The first-order valence-electron chi connectivity index (χ1n) is 3.48. The Hall–Kier alpha value is -1.57. The van der Waals surface area contributed by atoms with Crippen molar-refractivity contribution in [1.82, 2.24) is 0 Å². The SMILES string of the molecule is CC(=O)c1ccccc1.[C]=O.[C]=O.[C]=O.[Cr]. The van der Waals surface area contributed by atoms with E-state index in [1.54, 1.807) is 6.92 Å². The van der Waals surface area contributed by atoms with Crippen molar-refractivity contribution in [3.05, 3.63) is 35.9 Å². The number of hydrogen-bond donors (Lipinski definition) is 0. The normalized spacial score (nSPS) is 5.81. The molecule has 0 amide bonds. The van der Waals surface area contributed by atoms with E-state index < -0.39 is 0 Å². The molecule has 16 heavy (non-hydrogen) atoms. The predicted octanol–water partition coefficient (Wildman–Crippen LogP) is 0.695. The first-order chi connectivity index (χ1) is 7.30. The molecule has 1 aromatic carbocycles. The number of carbonyl (C=O) groups is 1. The molecule has 0 N–H and O–H groups in total. The Morgan fingerprint density at radius 3 is 1.38 bits per heavy atom. The van der Waals surface area contributed by atoms with Crippen LogP contribution in [0.2, 0.25) is 0 Å². The molecule has 0 aromatic heterocycles. The molecule has 0 aliphatic rings. The molecule has 6 radical (unpaired) electrons. The minimum absolute atomic E-state index is 0. The fraction of sp³-hybridized carbons (Fsp3) is 0.0909. The average molecular weight is 256 g/mol. The number of benzene rings is 1. The third-order valence-electron chi connectivity index (χ3n) is 1.18. The van der Waals surface area contributed by atoms with Crippen molar-refractivity contribution in [1.29, 1.82) is 0 Å². The monoisotopic (exact) mass is 256 g/mol. The van der Waals surface area contributed by atoms with Crippen molar-refractivity contribution in [2.45, 2.75) is 6.92 Å². The van der Waals surface area contributed by atoms with Crippen molar-refractivity contribution < 1.29 is 36.5 Å². The second kappa shape index (κ2) is 23.3. The summed E-state index contributed by atoms with van der Waals surface area (Å²) in [5.41, 5.74) is 0.775. The molecular formula is C11H8CrO4. The molecule has 0 atom stereocenters. The maximum Gasteiger partial charge on any atom is 0.281 e. The minimum Gasteiger partial charge on any atom is -0.295 e. The molecule has 0 bridgehead atoms. The zero-order valence-corrected chi connectivity index (χ0v) is 9.70. The first-order valence-corrected chi connectivity index (χ1v) is 3.48. The molecule has 0 heterocycles. The van der Waals surface area contributed by atoms with E-state index in [1.165, 1.54) is 0 Å². The summed E-state index contributed by atoms with van der Waals surface area (Å²) in [6, 6.07) is 9.23. The molecule has 1 aromatic rings. The van der Waals surface area contributed by atoms with Crippen molar-refractivity contribution in [2.75, 3.05) is 0 Å². The maximum atomic E-state index is 10.6. The largest absolute Gasteiger partial charge is 0.295 e. The third-order valence-corrected chi connectivity index (χ3v) is 1.18. The molecule has 0 fully saturated rings. The van der Waals surface area contributed by atoms with E-state index in [2.05, 4.69) is 20.4 Å². The number of carbonyl (C=O) groups excluding carboxylic acids is 4. The summed E-state index contributed by atoms with van der Waals surface area (Å²) in [4.78, 5) is 33.1. The molecule has 82 valence electrons. The summed E-state index contributed by atoms with van der Waals surface area (Å²) < 4.78 is 0. The van der Waals surface area contributed by atoms with Gasteiger partial charge in [0.05, 0.1) is 0 Å². The molecule has 0 aliphatic carbocycles. The summed E-state index contributed by atoms with van der Waals surface area (Å²) >= 11 is 0. The van der Waals surface area contributed by atoms with Gasteiger partial charge < -0.3 is 0 Å². The van der Waals surface area contributed by atoms with Crippen LogP contribution in [0.3, 0.4) is 0 Å². The average Bonchev–Trinajstić information content (AvgIpc) is 2.38. The van der Waals surface area contributed by atoms with Gasteiger partial charge in [0.1, 0.15) is 0 Å².